The Morgan fingerprint density at radius 2 is 1.64 bits per heavy atom. The monoisotopic (exact) mass is 380 g/mol. The van der Waals surface area contributed by atoms with Gasteiger partial charge < -0.3 is 9.47 Å². The fourth-order valence-corrected chi connectivity index (χ4v) is 2.82. The summed E-state index contributed by atoms with van der Waals surface area (Å²) >= 11 is 0. The Morgan fingerprint density at radius 1 is 0.964 bits per heavy atom. The topological polar surface area (TPSA) is 52.6 Å². The van der Waals surface area contributed by atoms with Crippen molar-refractivity contribution >= 4 is 17.3 Å². The molecule has 0 spiro atoms. The highest BCUT2D eigenvalue weighted by molar-refractivity contribution is 5.94. The highest BCUT2D eigenvalue weighted by atomic mass is 16.6. The summed E-state index contributed by atoms with van der Waals surface area (Å²) in [6, 6.07) is 15.0. The van der Waals surface area contributed by atoms with Gasteiger partial charge in [0.05, 0.1) is 6.42 Å². The molecule has 0 aliphatic carbocycles. The molecule has 0 unspecified atom stereocenters. The molecule has 0 fully saturated rings. The van der Waals surface area contributed by atoms with Crippen LogP contribution in [-0.2, 0) is 14.9 Å². The van der Waals surface area contributed by atoms with Gasteiger partial charge in [0.15, 0.2) is 5.78 Å². The summed E-state index contributed by atoms with van der Waals surface area (Å²) < 4.78 is 10.9. The second-order valence-corrected chi connectivity index (χ2v) is 7.57. The molecule has 2 aromatic carbocycles. The van der Waals surface area contributed by atoms with Crippen molar-refractivity contribution in [2.45, 2.75) is 39.5 Å². The van der Waals surface area contributed by atoms with Crippen LogP contribution in [0.15, 0.2) is 55.1 Å². The van der Waals surface area contributed by atoms with Crippen LogP contribution in [0.1, 0.15) is 55.6 Å². The van der Waals surface area contributed by atoms with Gasteiger partial charge in [-0.1, -0.05) is 50.3 Å². The summed E-state index contributed by atoms with van der Waals surface area (Å²) in [5.74, 6) is 0.385. The predicted molar refractivity (Wildman–Crippen MR) is 112 cm³/mol. The van der Waals surface area contributed by atoms with Crippen molar-refractivity contribution < 1.29 is 19.1 Å². The van der Waals surface area contributed by atoms with Gasteiger partial charge in [0.2, 0.25) is 0 Å². The molecule has 0 N–H and O–H groups in total. The van der Waals surface area contributed by atoms with E-state index >= 15 is 0 Å². The van der Waals surface area contributed by atoms with Crippen LogP contribution in [0, 0.1) is 0 Å². The van der Waals surface area contributed by atoms with Crippen molar-refractivity contribution in [3.8, 4) is 5.75 Å². The van der Waals surface area contributed by atoms with Crippen molar-refractivity contribution in [1.29, 1.82) is 0 Å². The lowest BCUT2D eigenvalue weighted by molar-refractivity contribution is -0.145. The normalized spacial score (nSPS) is 11.0. The number of hydrogen-bond acceptors (Lipinski definition) is 4. The Hall–Kier alpha value is -2.88. The SMILES string of the molecule is C=C(C)c1cccc(C(C)(C)CC(=O)OCCOc2ccc(C(C)=O)cc2)c1. The molecule has 0 aliphatic heterocycles. The summed E-state index contributed by atoms with van der Waals surface area (Å²) in [6.07, 6.45) is 0.278. The third kappa shape index (κ3) is 6.08. The maximum atomic E-state index is 12.2. The van der Waals surface area contributed by atoms with Crippen molar-refractivity contribution in [3.63, 3.8) is 0 Å². The van der Waals surface area contributed by atoms with Crippen LogP contribution < -0.4 is 4.74 Å². The van der Waals surface area contributed by atoms with E-state index in [-0.39, 0.29) is 36.8 Å². The molecule has 4 heteroatoms. The summed E-state index contributed by atoms with van der Waals surface area (Å²) in [7, 11) is 0. The molecule has 0 aliphatic rings. The molecule has 4 nitrogen and oxygen atoms in total. The van der Waals surface area contributed by atoms with Crippen molar-refractivity contribution in [2.24, 2.45) is 0 Å². The van der Waals surface area contributed by atoms with E-state index in [1.807, 2.05) is 39.0 Å². The summed E-state index contributed by atoms with van der Waals surface area (Å²) in [5, 5.41) is 0. The smallest absolute Gasteiger partial charge is 0.306 e. The molecule has 0 amide bonds. The molecule has 0 bridgehead atoms. The van der Waals surface area contributed by atoms with E-state index in [9.17, 15) is 9.59 Å². The molecule has 2 aromatic rings. The maximum Gasteiger partial charge on any atom is 0.306 e. The van der Waals surface area contributed by atoms with E-state index in [1.54, 1.807) is 24.3 Å². The molecule has 0 atom stereocenters. The minimum absolute atomic E-state index is 0.0110. The molecule has 148 valence electrons. The van der Waals surface area contributed by atoms with Gasteiger partial charge >= 0.3 is 5.97 Å². The summed E-state index contributed by atoms with van der Waals surface area (Å²) in [5.41, 5.74) is 3.44. The second kappa shape index (κ2) is 9.36. The predicted octanol–water partition coefficient (Wildman–Crippen LogP) is 5.21. The van der Waals surface area contributed by atoms with Gasteiger partial charge in [-0.2, -0.15) is 0 Å². The minimum Gasteiger partial charge on any atom is -0.490 e. The quantitative estimate of drug-likeness (QED) is 0.340. The van der Waals surface area contributed by atoms with E-state index < -0.39 is 0 Å². The Bertz CT molecular complexity index is 847. The van der Waals surface area contributed by atoms with Gasteiger partial charge in [0.1, 0.15) is 19.0 Å². The Balaban J connectivity index is 1.82. The van der Waals surface area contributed by atoms with Crippen LogP contribution in [0.2, 0.25) is 0 Å². The largest absolute Gasteiger partial charge is 0.490 e. The number of hydrogen-bond donors (Lipinski definition) is 0. The van der Waals surface area contributed by atoms with Gasteiger partial charge in [-0.15, -0.1) is 0 Å². The van der Waals surface area contributed by atoms with Gasteiger partial charge in [0, 0.05) is 11.0 Å². The molecule has 0 radical (unpaired) electrons. The number of carbonyl (C=O) groups is 2. The van der Waals surface area contributed by atoms with Crippen molar-refractivity contribution in [1.82, 2.24) is 0 Å². The van der Waals surface area contributed by atoms with E-state index in [0.29, 0.717) is 11.3 Å². The third-order valence-corrected chi connectivity index (χ3v) is 4.60. The van der Waals surface area contributed by atoms with Crippen molar-refractivity contribution in [2.75, 3.05) is 13.2 Å². The molecule has 0 aromatic heterocycles. The number of allylic oxidation sites excluding steroid dienone is 1. The third-order valence-electron chi connectivity index (χ3n) is 4.60. The lowest BCUT2D eigenvalue weighted by atomic mass is 9.80. The van der Waals surface area contributed by atoms with Crippen LogP contribution >= 0.6 is 0 Å². The Kier molecular flexibility index (Phi) is 7.16. The molecule has 0 saturated heterocycles. The van der Waals surface area contributed by atoms with Crippen LogP contribution in [0.4, 0.5) is 0 Å². The first-order valence-corrected chi connectivity index (χ1v) is 9.35. The zero-order valence-electron chi connectivity index (χ0n) is 17.1. The van der Waals surface area contributed by atoms with Gasteiger partial charge in [-0.05, 0) is 49.2 Å². The summed E-state index contributed by atoms with van der Waals surface area (Å²) in [4.78, 5) is 23.5. The number of ketones is 1. The van der Waals surface area contributed by atoms with Crippen LogP contribution in [0.3, 0.4) is 0 Å². The van der Waals surface area contributed by atoms with Crippen LogP contribution in [0.5, 0.6) is 5.75 Å². The number of rotatable bonds is 9. The number of carbonyl (C=O) groups excluding carboxylic acids is 2. The fraction of sp³-hybridized carbons (Fsp3) is 0.333. The molecule has 0 saturated carbocycles. The molecule has 2 rings (SSSR count). The zero-order valence-corrected chi connectivity index (χ0v) is 17.1. The number of ether oxygens (including phenoxy) is 2. The van der Waals surface area contributed by atoms with E-state index in [2.05, 4.69) is 12.6 Å². The standard InChI is InChI=1S/C24H28O4/c1-17(2)20-7-6-8-21(15-20)24(4,5)16-23(26)28-14-13-27-22-11-9-19(10-12-22)18(3)25/h6-12,15H,1,13-14,16H2,2-5H3. The maximum absolute atomic E-state index is 12.2. The molecular weight excluding hydrogens is 352 g/mol. The van der Waals surface area contributed by atoms with Crippen molar-refractivity contribution in [3.05, 3.63) is 71.8 Å². The number of esters is 1. The number of benzene rings is 2. The zero-order chi connectivity index (χ0) is 20.7. The Labute approximate surface area is 167 Å². The van der Waals surface area contributed by atoms with Crippen LogP contribution in [-0.4, -0.2) is 25.0 Å². The second-order valence-electron chi connectivity index (χ2n) is 7.57. The van der Waals surface area contributed by atoms with E-state index in [0.717, 1.165) is 16.7 Å². The molecular formula is C24H28O4. The lowest BCUT2D eigenvalue weighted by Crippen LogP contribution is -2.24. The lowest BCUT2D eigenvalue weighted by Gasteiger charge is -2.25. The highest BCUT2D eigenvalue weighted by Crippen LogP contribution is 2.29. The van der Waals surface area contributed by atoms with E-state index in [4.69, 9.17) is 9.47 Å². The highest BCUT2D eigenvalue weighted by Gasteiger charge is 2.25. The van der Waals surface area contributed by atoms with E-state index in [1.165, 1.54) is 6.92 Å². The first-order valence-electron chi connectivity index (χ1n) is 9.35. The average molecular weight is 380 g/mol. The summed E-state index contributed by atoms with van der Waals surface area (Å²) in [6.45, 7) is 12.0. The average Bonchev–Trinajstić information content (AvgIpc) is 2.65. The first kappa shape index (κ1) is 21.4. The van der Waals surface area contributed by atoms with Gasteiger partial charge in [0.25, 0.3) is 0 Å². The number of Topliss-reactive ketones (excluding diaryl/α,β-unsaturated/α-hetero) is 1. The fourth-order valence-electron chi connectivity index (χ4n) is 2.82. The molecule has 0 heterocycles. The first-order chi connectivity index (χ1) is 13.2. The minimum atomic E-state index is -0.341. The Morgan fingerprint density at radius 3 is 2.25 bits per heavy atom. The van der Waals surface area contributed by atoms with Gasteiger partial charge in [-0.3, -0.25) is 9.59 Å². The molecule has 28 heavy (non-hydrogen) atoms. The van der Waals surface area contributed by atoms with Crippen LogP contribution in [0.25, 0.3) is 5.57 Å². The van der Waals surface area contributed by atoms with Gasteiger partial charge in [-0.25, -0.2) is 0 Å².